The van der Waals surface area contributed by atoms with Gasteiger partial charge >= 0.3 is 0 Å². The number of aryl methyl sites for hydroxylation is 1. The van der Waals surface area contributed by atoms with Crippen molar-refractivity contribution in [2.45, 2.75) is 16.8 Å². The van der Waals surface area contributed by atoms with Gasteiger partial charge in [-0.3, -0.25) is 0 Å². The summed E-state index contributed by atoms with van der Waals surface area (Å²) >= 11 is 1.60. The summed E-state index contributed by atoms with van der Waals surface area (Å²) in [6, 6.07) is 12.0. The fourth-order valence-electron chi connectivity index (χ4n) is 1.45. The highest BCUT2D eigenvalue weighted by Gasteiger charge is 2.03. The van der Waals surface area contributed by atoms with E-state index in [1.54, 1.807) is 11.8 Å². The zero-order chi connectivity index (χ0) is 12.8. The molecule has 0 aliphatic rings. The SMILES string of the molecule is Cc1cc(Sc2ccccc2)nc(NCCO)n1. The van der Waals surface area contributed by atoms with Crippen LogP contribution in [-0.4, -0.2) is 28.2 Å². The van der Waals surface area contributed by atoms with Crippen molar-refractivity contribution in [2.24, 2.45) is 0 Å². The smallest absolute Gasteiger partial charge is 0.224 e. The van der Waals surface area contributed by atoms with Crippen LogP contribution in [0.25, 0.3) is 0 Å². The molecule has 0 unspecified atom stereocenters. The summed E-state index contributed by atoms with van der Waals surface area (Å²) < 4.78 is 0. The van der Waals surface area contributed by atoms with Crippen molar-refractivity contribution in [1.82, 2.24) is 9.97 Å². The summed E-state index contributed by atoms with van der Waals surface area (Å²) in [5, 5.41) is 12.7. The molecule has 0 amide bonds. The van der Waals surface area contributed by atoms with Gasteiger partial charge in [-0.05, 0) is 25.1 Å². The second-order valence-corrected chi connectivity index (χ2v) is 4.83. The Morgan fingerprint density at radius 3 is 2.72 bits per heavy atom. The lowest BCUT2D eigenvalue weighted by molar-refractivity contribution is 0.310. The Balaban J connectivity index is 2.15. The Labute approximate surface area is 110 Å². The lowest BCUT2D eigenvalue weighted by Gasteiger charge is -2.06. The molecule has 1 aromatic heterocycles. The minimum Gasteiger partial charge on any atom is -0.395 e. The first-order chi connectivity index (χ1) is 8.78. The average molecular weight is 261 g/mol. The maximum absolute atomic E-state index is 8.78. The molecule has 2 N–H and O–H groups in total. The molecule has 0 radical (unpaired) electrons. The van der Waals surface area contributed by atoms with Crippen LogP contribution in [0.5, 0.6) is 0 Å². The number of aliphatic hydroxyl groups is 1. The Kier molecular flexibility index (Phi) is 4.55. The van der Waals surface area contributed by atoms with E-state index in [4.69, 9.17) is 5.11 Å². The first kappa shape index (κ1) is 12.9. The lowest BCUT2D eigenvalue weighted by atomic mass is 10.4. The van der Waals surface area contributed by atoms with Gasteiger partial charge in [-0.1, -0.05) is 30.0 Å². The van der Waals surface area contributed by atoms with Crippen LogP contribution in [-0.2, 0) is 0 Å². The van der Waals surface area contributed by atoms with Crippen LogP contribution < -0.4 is 5.32 Å². The van der Waals surface area contributed by atoms with E-state index in [-0.39, 0.29) is 6.61 Å². The van der Waals surface area contributed by atoms with Gasteiger partial charge in [0, 0.05) is 17.1 Å². The summed E-state index contributed by atoms with van der Waals surface area (Å²) in [7, 11) is 0. The molecule has 1 aromatic carbocycles. The number of nitrogens with zero attached hydrogens (tertiary/aromatic N) is 2. The second-order valence-electron chi connectivity index (χ2n) is 3.74. The van der Waals surface area contributed by atoms with Crippen LogP contribution >= 0.6 is 11.8 Å². The van der Waals surface area contributed by atoms with Crippen LogP contribution in [0.4, 0.5) is 5.95 Å². The van der Waals surface area contributed by atoms with E-state index in [0.717, 1.165) is 15.6 Å². The number of anilines is 1. The number of benzene rings is 1. The summed E-state index contributed by atoms with van der Waals surface area (Å²) in [5.74, 6) is 0.558. The minimum absolute atomic E-state index is 0.0679. The van der Waals surface area contributed by atoms with E-state index in [2.05, 4.69) is 15.3 Å². The molecule has 2 aromatic rings. The van der Waals surface area contributed by atoms with Gasteiger partial charge in [0.15, 0.2) is 0 Å². The number of aliphatic hydroxyl groups excluding tert-OH is 1. The quantitative estimate of drug-likeness (QED) is 0.809. The second kappa shape index (κ2) is 6.37. The molecule has 0 aliphatic heterocycles. The highest BCUT2D eigenvalue weighted by molar-refractivity contribution is 7.99. The predicted octanol–water partition coefficient (Wildman–Crippen LogP) is 2.34. The number of aromatic nitrogens is 2. The Morgan fingerprint density at radius 1 is 1.22 bits per heavy atom. The van der Waals surface area contributed by atoms with Gasteiger partial charge in [-0.25, -0.2) is 9.97 Å². The van der Waals surface area contributed by atoms with Crippen molar-refractivity contribution in [1.29, 1.82) is 0 Å². The van der Waals surface area contributed by atoms with Crippen molar-refractivity contribution >= 4 is 17.7 Å². The minimum atomic E-state index is 0.0679. The van der Waals surface area contributed by atoms with Crippen LogP contribution in [0.15, 0.2) is 46.3 Å². The van der Waals surface area contributed by atoms with Crippen LogP contribution in [0.2, 0.25) is 0 Å². The largest absolute Gasteiger partial charge is 0.395 e. The van der Waals surface area contributed by atoms with E-state index >= 15 is 0 Å². The van der Waals surface area contributed by atoms with Crippen LogP contribution in [0.3, 0.4) is 0 Å². The zero-order valence-corrected chi connectivity index (χ0v) is 10.9. The van der Waals surface area contributed by atoms with Gasteiger partial charge in [0.1, 0.15) is 5.03 Å². The summed E-state index contributed by atoms with van der Waals surface area (Å²) in [6.07, 6.45) is 0. The van der Waals surface area contributed by atoms with Gasteiger partial charge in [-0.15, -0.1) is 0 Å². The number of rotatable bonds is 5. The molecule has 4 nitrogen and oxygen atoms in total. The predicted molar refractivity (Wildman–Crippen MR) is 72.9 cm³/mol. The van der Waals surface area contributed by atoms with E-state index in [1.165, 1.54) is 0 Å². The van der Waals surface area contributed by atoms with Crippen molar-refractivity contribution in [3.8, 4) is 0 Å². The van der Waals surface area contributed by atoms with Crippen molar-refractivity contribution in [2.75, 3.05) is 18.5 Å². The third-order valence-corrected chi connectivity index (χ3v) is 3.12. The zero-order valence-electron chi connectivity index (χ0n) is 10.1. The Morgan fingerprint density at radius 2 is 2.00 bits per heavy atom. The van der Waals surface area contributed by atoms with E-state index in [9.17, 15) is 0 Å². The molecule has 2 rings (SSSR count). The molecule has 0 atom stereocenters. The molecule has 0 bridgehead atoms. The molecule has 94 valence electrons. The van der Waals surface area contributed by atoms with Gasteiger partial charge in [0.05, 0.1) is 6.61 Å². The Bertz CT molecular complexity index is 505. The normalized spacial score (nSPS) is 10.3. The Hall–Kier alpha value is -1.59. The third-order valence-electron chi connectivity index (χ3n) is 2.19. The summed E-state index contributed by atoms with van der Waals surface area (Å²) in [4.78, 5) is 9.80. The highest BCUT2D eigenvalue weighted by Crippen LogP contribution is 2.26. The van der Waals surface area contributed by atoms with Gasteiger partial charge in [0.25, 0.3) is 0 Å². The van der Waals surface area contributed by atoms with Gasteiger partial charge < -0.3 is 10.4 Å². The standard InChI is InChI=1S/C13H15N3OS/c1-10-9-12(16-13(15-10)14-7-8-17)18-11-5-3-2-4-6-11/h2-6,9,17H,7-8H2,1H3,(H,14,15,16). The van der Waals surface area contributed by atoms with Crippen LogP contribution in [0.1, 0.15) is 5.69 Å². The van der Waals surface area contributed by atoms with Crippen molar-refractivity contribution < 1.29 is 5.11 Å². The molecular weight excluding hydrogens is 246 g/mol. The van der Waals surface area contributed by atoms with E-state index in [0.29, 0.717) is 12.5 Å². The third kappa shape index (κ3) is 3.72. The monoisotopic (exact) mass is 261 g/mol. The molecular formula is C13H15N3OS. The molecule has 0 saturated heterocycles. The topological polar surface area (TPSA) is 58.0 Å². The van der Waals surface area contributed by atoms with E-state index < -0.39 is 0 Å². The van der Waals surface area contributed by atoms with Gasteiger partial charge in [0.2, 0.25) is 5.95 Å². The molecule has 18 heavy (non-hydrogen) atoms. The molecule has 0 saturated carbocycles. The van der Waals surface area contributed by atoms with Crippen molar-refractivity contribution in [3.05, 3.63) is 42.1 Å². The van der Waals surface area contributed by atoms with E-state index in [1.807, 2.05) is 43.3 Å². The first-order valence-electron chi connectivity index (χ1n) is 5.71. The number of hydrogen-bond acceptors (Lipinski definition) is 5. The van der Waals surface area contributed by atoms with Crippen molar-refractivity contribution in [3.63, 3.8) is 0 Å². The molecule has 1 heterocycles. The number of nitrogens with one attached hydrogen (secondary N) is 1. The molecule has 0 aliphatic carbocycles. The average Bonchev–Trinajstić information content (AvgIpc) is 2.37. The highest BCUT2D eigenvalue weighted by atomic mass is 32.2. The fraction of sp³-hybridized carbons (Fsp3) is 0.231. The van der Waals surface area contributed by atoms with Gasteiger partial charge in [-0.2, -0.15) is 0 Å². The lowest BCUT2D eigenvalue weighted by Crippen LogP contribution is -2.09. The summed E-state index contributed by atoms with van der Waals surface area (Å²) in [6.45, 7) is 2.46. The molecule has 5 heteroatoms. The molecule has 0 spiro atoms. The first-order valence-corrected chi connectivity index (χ1v) is 6.53. The fourth-order valence-corrected chi connectivity index (χ4v) is 2.34. The maximum Gasteiger partial charge on any atom is 0.224 e. The maximum atomic E-state index is 8.78. The molecule has 0 fully saturated rings. The van der Waals surface area contributed by atoms with Crippen LogP contribution in [0, 0.1) is 6.92 Å². The summed E-state index contributed by atoms with van der Waals surface area (Å²) in [5.41, 5.74) is 0.906. The number of hydrogen-bond donors (Lipinski definition) is 2.